The molecule has 0 unspecified atom stereocenters. The molecule has 58 heavy (non-hydrogen) atoms. The fourth-order valence-corrected chi connectivity index (χ4v) is 11.5. The van der Waals surface area contributed by atoms with Crippen LogP contribution in [0, 0.1) is 0 Å². The van der Waals surface area contributed by atoms with E-state index in [1.54, 1.807) is 12.1 Å². The zero-order valence-electron chi connectivity index (χ0n) is 38.1. The number of hydrogen-bond donors (Lipinski definition) is 2. The molecule has 0 bridgehead atoms. The second kappa shape index (κ2) is 26.8. The van der Waals surface area contributed by atoms with Crippen LogP contribution in [0.25, 0.3) is 10.8 Å². The van der Waals surface area contributed by atoms with Crippen LogP contribution in [-0.2, 0) is 54.6 Å². The summed E-state index contributed by atoms with van der Waals surface area (Å²) in [6.45, 7) is 22.8. The van der Waals surface area contributed by atoms with Crippen molar-refractivity contribution in [1.29, 1.82) is 0 Å². The number of rotatable bonds is 22. The molecule has 0 spiro atoms. The Labute approximate surface area is 365 Å². The van der Waals surface area contributed by atoms with Gasteiger partial charge >= 0.3 is 0 Å². The number of unbranched alkanes of at least 4 members (excludes halogenated alkanes) is 4. The van der Waals surface area contributed by atoms with Crippen molar-refractivity contribution in [1.82, 2.24) is 0 Å². The molecule has 0 atom stereocenters. The molecule has 4 rings (SSSR count). The quantitative estimate of drug-likeness (QED) is 0.0358. The first kappa shape index (κ1) is 50.9. The Hall–Kier alpha value is -3.21. The molecule has 0 heterocycles. The second-order valence-electron chi connectivity index (χ2n) is 16.1. The number of aliphatic imine (C=N–C) groups is 2. The fourth-order valence-electron chi connectivity index (χ4n) is 8.15. The van der Waals surface area contributed by atoms with E-state index >= 15 is 0 Å². The van der Waals surface area contributed by atoms with E-state index in [0.717, 1.165) is 73.5 Å². The van der Waals surface area contributed by atoms with Crippen LogP contribution < -0.4 is 0 Å². The summed E-state index contributed by atoms with van der Waals surface area (Å²) in [7, 11) is -1.25. The molecule has 322 valence electrons. The summed E-state index contributed by atoms with van der Waals surface area (Å²) < 4.78 is 0. The first-order valence-electron chi connectivity index (χ1n) is 22.9. The van der Waals surface area contributed by atoms with Gasteiger partial charge in [0.15, 0.2) is 11.5 Å². The van der Waals surface area contributed by atoms with Crippen molar-refractivity contribution in [3.63, 3.8) is 0 Å². The molecule has 0 aliphatic heterocycles. The molecule has 4 nitrogen and oxygen atoms in total. The summed E-state index contributed by atoms with van der Waals surface area (Å²) in [5, 5.41) is 21.7. The van der Waals surface area contributed by atoms with E-state index in [2.05, 4.69) is 118 Å². The van der Waals surface area contributed by atoms with Crippen molar-refractivity contribution in [2.75, 3.05) is 0 Å². The van der Waals surface area contributed by atoms with Gasteiger partial charge in [0.25, 0.3) is 0 Å². The maximum Gasteiger partial charge on any atom is 0.158 e. The molecule has 6 heteroatoms. The van der Waals surface area contributed by atoms with Crippen LogP contribution in [0.4, 0.5) is 11.4 Å². The smallest absolute Gasteiger partial charge is 0.158 e. The van der Waals surface area contributed by atoms with Crippen LogP contribution in [0.2, 0.25) is 18.1 Å². The third kappa shape index (κ3) is 14.8. The number of nitrogens with zero attached hydrogens (tertiary/aromatic N) is 2. The molecule has 0 fully saturated rings. The van der Waals surface area contributed by atoms with Crippen molar-refractivity contribution in [2.24, 2.45) is 9.98 Å². The molecule has 0 saturated carbocycles. The number of benzene rings is 4. The van der Waals surface area contributed by atoms with Crippen LogP contribution in [0.5, 0.6) is 11.5 Å². The normalized spacial score (nSPS) is 12.0. The maximum absolute atomic E-state index is 9.85. The van der Waals surface area contributed by atoms with Gasteiger partial charge in [-0.2, -0.15) is 0 Å². The fraction of sp³-hybridized carbons (Fsp3) is 0.538. The summed E-state index contributed by atoms with van der Waals surface area (Å²) in [5.41, 5.74) is 13.1. The van der Waals surface area contributed by atoms with Gasteiger partial charge in [-0.3, -0.25) is 9.98 Å². The third-order valence-electron chi connectivity index (χ3n) is 12.4. The van der Waals surface area contributed by atoms with Gasteiger partial charge in [0, 0.05) is 16.5 Å². The van der Waals surface area contributed by atoms with Crippen LogP contribution >= 0.6 is 0 Å². The average molecular weight is 850 g/mol. The molecule has 0 saturated heterocycles. The zero-order valence-corrected chi connectivity index (χ0v) is 40.1. The minimum atomic E-state index is -1.25. The molecule has 4 aromatic rings. The van der Waals surface area contributed by atoms with Gasteiger partial charge in [0.2, 0.25) is 0 Å². The van der Waals surface area contributed by atoms with Crippen molar-refractivity contribution < 1.29 is 26.7 Å². The Balaban J connectivity index is 0.000000412. The summed E-state index contributed by atoms with van der Waals surface area (Å²) in [5.74, 6) is -0.0594. The Kier molecular flexibility index (Phi) is 23.5. The summed E-state index contributed by atoms with van der Waals surface area (Å²) >= 11 is 0. The first-order valence-corrected chi connectivity index (χ1v) is 25.8. The van der Waals surface area contributed by atoms with Gasteiger partial charge in [0.05, 0.1) is 30.9 Å². The minimum Gasteiger partial charge on any atom is -0.504 e. The molecule has 0 amide bonds. The Morgan fingerprint density at radius 3 is 1.31 bits per heavy atom. The average Bonchev–Trinajstić information content (AvgIpc) is 3.23. The van der Waals surface area contributed by atoms with Crippen molar-refractivity contribution in [2.45, 2.75) is 183 Å². The van der Waals surface area contributed by atoms with E-state index in [0.29, 0.717) is 0 Å². The molecule has 0 aliphatic rings. The Morgan fingerprint density at radius 1 is 0.466 bits per heavy atom. The molecular weight excluding hydrogens is 771 g/mol. The summed E-state index contributed by atoms with van der Waals surface area (Å²) in [4.78, 5) is 10.4. The van der Waals surface area contributed by atoms with E-state index in [1.165, 1.54) is 108 Å². The number of hydrogen-bond acceptors (Lipinski definition) is 4. The van der Waals surface area contributed by atoms with Crippen LogP contribution in [-0.4, -0.2) is 29.7 Å². The van der Waals surface area contributed by atoms with E-state index in [4.69, 9.17) is 9.98 Å². The van der Waals surface area contributed by atoms with Gasteiger partial charge in [-0.05, 0) is 151 Å². The topological polar surface area (TPSA) is 65.2 Å². The van der Waals surface area contributed by atoms with Crippen molar-refractivity contribution in [3.05, 3.63) is 94.0 Å². The number of phenols is 2. The van der Waals surface area contributed by atoms with E-state index < -0.39 is 8.07 Å². The number of fused-ring (bicyclic) bond motifs is 1. The number of aromatic hydroxyl groups is 2. The predicted octanol–water partition coefficient (Wildman–Crippen LogP) is 15.7. The monoisotopic (exact) mass is 849 g/mol. The second-order valence-corrected chi connectivity index (χ2v) is 21.6. The van der Waals surface area contributed by atoms with E-state index in [9.17, 15) is 10.2 Å². The van der Waals surface area contributed by atoms with E-state index in [1.807, 2.05) is 0 Å². The van der Waals surface area contributed by atoms with Crippen molar-refractivity contribution in [3.8, 4) is 11.5 Å². The largest absolute Gasteiger partial charge is 0.504 e. The molecular formula is C52H78N2NiO2Si. The van der Waals surface area contributed by atoms with Gasteiger partial charge < -0.3 is 10.2 Å². The zero-order chi connectivity index (χ0) is 41.8. The summed E-state index contributed by atoms with van der Waals surface area (Å²) in [6.07, 6.45) is 15.7. The van der Waals surface area contributed by atoms with Gasteiger partial charge in [-0.25, -0.2) is 0 Å². The van der Waals surface area contributed by atoms with Crippen LogP contribution in [0.15, 0.2) is 70.6 Å². The standard InChI is InChI=1S/C31H46N2.C21H32O2Si.Ni/c1-7-13-15-17-31(33-29-21-19-25(10-4)27(12-6)23-29)30(16-14-8-2)32-28-20-18-24(9-3)26(11-5)22-28;1-5-9-10-16-11-17-13-20(22)21(23)14-18(17)12-19(16)15-24(6-2,7-3)8-4;/h18-23H,7-17H2,1-6H3;11-14,22-23H,5-10,15H2,1-4H3;. The minimum absolute atomic E-state index is 0. The van der Waals surface area contributed by atoms with Gasteiger partial charge in [0.1, 0.15) is 0 Å². The van der Waals surface area contributed by atoms with Gasteiger partial charge in [-0.15, -0.1) is 0 Å². The molecule has 0 aromatic heterocycles. The summed E-state index contributed by atoms with van der Waals surface area (Å²) in [6, 6.07) is 26.6. The first-order chi connectivity index (χ1) is 27.6. The molecule has 0 aliphatic carbocycles. The van der Waals surface area contributed by atoms with Crippen molar-refractivity contribution >= 4 is 41.6 Å². The predicted molar refractivity (Wildman–Crippen MR) is 255 cm³/mol. The van der Waals surface area contributed by atoms with Gasteiger partial charge in [-0.1, -0.05) is 137 Å². The third-order valence-corrected chi connectivity index (χ3v) is 18.0. The van der Waals surface area contributed by atoms with Crippen LogP contribution in [0.1, 0.15) is 160 Å². The SMILES string of the molecule is CCCCCC(=Nc1ccc(CC)c(CC)c1)C(CCCC)=Nc1ccc(CC)c(CC)c1.CCCCc1cc2cc(O)c(O)cc2cc1C[Si](CC)(CC)CC.[Ni]. The Bertz CT molecular complexity index is 1890. The molecule has 2 N–H and O–H groups in total. The maximum atomic E-state index is 9.85. The number of phenolic OH excluding ortho intramolecular Hbond substituents is 2. The molecule has 0 radical (unpaired) electrons. The Morgan fingerprint density at radius 2 is 0.897 bits per heavy atom. The van der Waals surface area contributed by atoms with E-state index in [-0.39, 0.29) is 28.0 Å². The van der Waals surface area contributed by atoms with Crippen LogP contribution in [0.3, 0.4) is 0 Å². The number of aryl methyl sites for hydroxylation is 5. The molecule has 4 aromatic carbocycles.